The Bertz CT molecular complexity index is 667. The second-order valence-electron chi connectivity index (χ2n) is 5.02. The number of benzene rings is 1. The number of amides is 1. The van der Waals surface area contributed by atoms with Gasteiger partial charge in [0.15, 0.2) is 5.76 Å². The first-order valence-electron chi connectivity index (χ1n) is 6.79. The van der Waals surface area contributed by atoms with E-state index in [1.54, 1.807) is 39.0 Å². The zero-order valence-corrected chi connectivity index (χ0v) is 12.5. The average Bonchev–Trinajstić information content (AvgIpc) is 2.77. The van der Waals surface area contributed by atoms with E-state index in [0.29, 0.717) is 11.3 Å². The lowest BCUT2D eigenvalue weighted by Gasteiger charge is -2.15. The van der Waals surface area contributed by atoms with Gasteiger partial charge in [-0.3, -0.25) is 4.79 Å². The van der Waals surface area contributed by atoms with Crippen molar-refractivity contribution in [3.05, 3.63) is 53.0 Å². The van der Waals surface area contributed by atoms with Crippen molar-refractivity contribution in [1.82, 2.24) is 5.32 Å². The monoisotopic (exact) mass is 309 g/mol. The topological polar surface area (TPSA) is 51.5 Å². The van der Waals surface area contributed by atoms with E-state index in [1.165, 1.54) is 12.1 Å². The summed E-state index contributed by atoms with van der Waals surface area (Å²) in [7, 11) is 0. The van der Waals surface area contributed by atoms with Crippen LogP contribution in [-0.2, 0) is 0 Å². The van der Waals surface area contributed by atoms with E-state index in [-0.39, 0.29) is 23.5 Å². The minimum absolute atomic E-state index is 0.0543. The Labute approximate surface area is 127 Å². The van der Waals surface area contributed by atoms with Crippen LogP contribution in [0.4, 0.5) is 8.78 Å². The van der Waals surface area contributed by atoms with Gasteiger partial charge in [0.1, 0.15) is 11.5 Å². The zero-order valence-electron chi connectivity index (χ0n) is 12.5. The molecule has 1 amide bonds. The molecule has 0 radical (unpaired) electrons. The maximum Gasteiger partial charge on any atom is 0.387 e. The van der Waals surface area contributed by atoms with E-state index in [2.05, 4.69) is 10.1 Å². The lowest BCUT2D eigenvalue weighted by Crippen LogP contribution is -2.26. The van der Waals surface area contributed by atoms with Crippen molar-refractivity contribution in [1.29, 1.82) is 0 Å². The fourth-order valence-corrected chi connectivity index (χ4v) is 2.17. The third-order valence-corrected chi connectivity index (χ3v) is 3.18. The zero-order chi connectivity index (χ0) is 16.3. The van der Waals surface area contributed by atoms with E-state index in [1.807, 2.05) is 0 Å². The number of halogens is 2. The second-order valence-corrected chi connectivity index (χ2v) is 5.02. The van der Waals surface area contributed by atoms with Crippen LogP contribution in [0.5, 0.6) is 5.75 Å². The van der Waals surface area contributed by atoms with Gasteiger partial charge < -0.3 is 14.5 Å². The van der Waals surface area contributed by atoms with Gasteiger partial charge in [-0.05, 0) is 44.5 Å². The fraction of sp³-hybridized carbons (Fsp3) is 0.312. The molecule has 2 rings (SSSR count). The van der Waals surface area contributed by atoms with Gasteiger partial charge in [0.05, 0.1) is 6.04 Å². The Morgan fingerprint density at radius 2 is 2.00 bits per heavy atom. The number of hydrogen-bond acceptors (Lipinski definition) is 3. The predicted octanol–water partition coefficient (Wildman–Crippen LogP) is 3.99. The summed E-state index contributed by atoms with van der Waals surface area (Å²) in [6, 6.07) is 7.62. The van der Waals surface area contributed by atoms with Crippen LogP contribution in [0.25, 0.3) is 0 Å². The molecule has 2 aromatic rings. The molecule has 1 aromatic heterocycles. The molecule has 1 heterocycles. The molecular weight excluding hydrogens is 292 g/mol. The van der Waals surface area contributed by atoms with E-state index in [4.69, 9.17) is 4.42 Å². The predicted molar refractivity (Wildman–Crippen MR) is 77.1 cm³/mol. The van der Waals surface area contributed by atoms with E-state index >= 15 is 0 Å². The quantitative estimate of drug-likeness (QED) is 0.908. The van der Waals surface area contributed by atoms with Crippen molar-refractivity contribution in [3.63, 3.8) is 0 Å². The van der Waals surface area contributed by atoms with Gasteiger partial charge in [-0.2, -0.15) is 8.78 Å². The highest BCUT2D eigenvalue weighted by Crippen LogP contribution is 2.21. The number of aryl methyl sites for hydroxylation is 2. The number of hydrogen-bond donors (Lipinski definition) is 1. The number of furan rings is 1. The minimum Gasteiger partial charge on any atom is -0.456 e. The summed E-state index contributed by atoms with van der Waals surface area (Å²) < 4.78 is 34.2. The number of alkyl halides is 2. The van der Waals surface area contributed by atoms with Crippen LogP contribution in [0.2, 0.25) is 0 Å². The summed E-state index contributed by atoms with van der Waals surface area (Å²) in [6.07, 6.45) is 0. The Hall–Kier alpha value is -2.37. The first-order chi connectivity index (χ1) is 10.4. The molecular formula is C16H17F2NO3. The summed E-state index contributed by atoms with van der Waals surface area (Å²) >= 11 is 0. The maximum absolute atomic E-state index is 12.2. The van der Waals surface area contributed by atoms with E-state index in [9.17, 15) is 13.6 Å². The first kappa shape index (κ1) is 16.0. The lowest BCUT2D eigenvalue weighted by molar-refractivity contribution is -0.0499. The molecule has 0 aliphatic carbocycles. The molecule has 0 saturated heterocycles. The summed E-state index contributed by atoms with van der Waals surface area (Å²) in [5, 5.41) is 2.77. The normalized spacial score (nSPS) is 12.3. The average molecular weight is 309 g/mol. The van der Waals surface area contributed by atoms with Crippen LogP contribution in [-0.4, -0.2) is 12.5 Å². The maximum atomic E-state index is 12.2. The number of ether oxygens (including phenoxy) is 1. The molecule has 0 aliphatic rings. The highest BCUT2D eigenvalue weighted by atomic mass is 19.3. The molecule has 22 heavy (non-hydrogen) atoms. The van der Waals surface area contributed by atoms with Gasteiger partial charge >= 0.3 is 6.61 Å². The van der Waals surface area contributed by atoms with Crippen LogP contribution in [0.3, 0.4) is 0 Å². The third-order valence-electron chi connectivity index (χ3n) is 3.18. The number of nitrogens with one attached hydrogen (secondary N) is 1. The number of carbonyl (C=O) groups is 1. The molecule has 1 atom stereocenters. The van der Waals surface area contributed by atoms with Crippen molar-refractivity contribution in [2.75, 3.05) is 0 Å². The summed E-state index contributed by atoms with van der Waals surface area (Å²) in [5.41, 5.74) is 1.41. The number of rotatable bonds is 5. The van der Waals surface area contributed by atoms with Gasteiger partial charge in [0.25, 0.3) is 5.91 Å². The summed E-state index contributed by atoms with van der Waals surface area (Å²) in [4.78, 5) is 12.2. The van der Waals surface area contributed by atoms with Crippen molar-refractivity contribution in [2.24, 2.45) is 0 Å². The molecule has 1 N–H and O–H groups in total. The van der Waals surface area contributed by atoms with Crippen LogP contribution in [0.15, 0.2) is 34.7 Å². The minimum atomic E-state index is -2.88. The number of carbonyl (C=O) groups excluding carboxylic acids is 1. The van der Waals surface area contributed by atoms with E-state index in [0.717, 1.165) is 5.56 Å². The van der Waals surface area contributed by atoms with Crippen molar-refractivity contribution < 1.29 is 22.7 Å². The van der Waals surface area contributed by atoms with Crippen LogP contribution >= 0.6 is 0 Å². The van der Waals surface area contributed by atoms with Gasteiger partial charge in [-0.25, -0.2) is 0 Å². The summed E-state index contributed by atoms with van der Waals surface area (Å²) in [6.45, 7) is 2.42. The molecule has 118 valence electrons. The van der Waals surface area contributed by atoms with Crippen LogP contribution in [0.1, 0.15) is 40.4 Å². The fourth-order valence-electron chi connectivity index (χ4n) is 2.17. The van der Waals surface area contributed by atoms with Crippen molar-refractivity contribution in [3.8, 4) is 5.75 Å². The highest BCUT2D eigenvalue weighted by Gasteiger charge is 2.18. The Morgan fingerprint density at radius 1 is 1.27 bits per heavy atom. The molecule has 0 unspecified atom stereocenters. The smallest absolute Gasteiger partial charge is 0.387 e. The van der Waals surface area contributed by atoms with E-state index < -0.39 is 6.61 Å². The molecule has 0 bridgehead atoms. The van der Waals surface area contributed by atoms with Gasteiger partial charge in [0.2, 0.25) is 0 Å². The van der Waals surface area contributed by atoms with Crippen LogP contribution in [0, 0.1) is 13.8 Å². The molecule has 0 spiro atoms. The largest absolute Gasteiger partial charge is 0.456 e. The highest BCUT2D eigenvalue weighted by molar-refractivity contribution is 5.93. The molecule has 0 fully saturated rings. The SMILES string of the molecule is Cc1cc(C)c(C(=O)N[C@H](C)c2cccc(OC(F)F)c2)o1. The third kappa shape index (κ3) is 3.84. The van der Waals surface area contributed by atoms with Gasteiger partial charge in [0, 0.05) is 5.56 Å². The molecule has 1 aromatic carbocycles. The second kappa shape index (κ2) is 6.60. The Morgan fingerprint density at radius 3 is 2.59 bits per heavy atom. The lowest BCUT2D eigenvalue weighted by atomic mass is 10.1. The van der Waals surface area contributed by atoms with Crippen LogP contribution < -0.4 is 10.1 Å². The molecule has 0 aliphatic heterocycles. The molecule has 4 nitrogen and oxygen atoms in total. The van der Waals surface area contributed by atoms with Gasteiger partial charge in [-0.1, -0.05) is 12.1 Å². The van der Waals surface area contributed by atoms with Gasteiger partial charge in [-0.15, -0.1) is 0 Å². The first-order valence-corrected chi connectivity index (χ1v) is 6.79. The Balaban J connectivity index is 2.10. The van der Waals surface area contributed by atoms with Crippen molar-refractivity contribution >= 4 is 5.91 Å². The summed E-state index contributed by atoms with van der Waals surface area (Å²) in [5.74, 6) is 0.615. The molecule has 6 heteroatoms. The Kier molecular flexibility index (Phi) is 4.80. The molecule has 0 saturated carbocycles. The van der Waals surface area contributed by atoms with Crippen molar-refractivity contribution in [2.45, 2.75) is 33.4 Å². The standard InChI is InChI=1S/C16H17F2NO3/c1-9-7-10(2)21-14(9)15(20)19-11(3)12-5-4-6-13(8-12)22-16(17)18/h4-8,11,16H,1-3H3,(H,19,20)/t11-/m1/s1.